The second-order valence-corrected chi connectivity index (χ2v) is 6.49. The summed E-state index contributed by atoms with van der Waals surface area (Å²) in [5.74, 6) is 0.188. The molecule has 3 unspecified atom stereocenters. The molecule has 0 amide bonds. The van der Waals surface area contributed by atoms with Gasteiger partial charge < -0.3 is 10.5 Å². The van der Waals surface area contributed by atoms with Gasteiger partial charge in [0.15, 0.2) is 9.84 Å². The van der Waals surface area contributed by atoms with Crippen molar-refractivity contribution >= 4 is 9.84 Å². The van der Waals surface area contributed by atoms with Crippen LogP contribution in [0.15, 0.2) is 0 Å². The Morgan fingerprint density at radius 2 is 2.14 bits per heavy atom. The molecular weight excluding hydrogens is 202 g/mol. The summed E-state index contributed by atoms with van der Waals surface area (Å²) in [6.07, 6.45) is 3.19. The molecular formula is C9H19NO3S. The van der Waals surface area contributed by atoms with Crippen LogP contribution in [0, 0.1) is 5.92 Å². The third-order valence-corrected chi connectivity index (χ3v) is 4.62. The molecule has 4 nitrogen and oxygen atoms in total. The first-order valence-electron chi connectivity index (χ1n) is 4.95. The quantitative estimate of drug-likeness (QED) is 0.737. The molecule has 2 N–H and O–H groups in total. The van der Waals surface area contributed by atoms with E-state index in [1.807, 2.05) is 0 Å². The maximum atomic E-state index is 11.3. The highest BCUT2D eigenvalue weighted by Crippen LogP contribution is 2.20. The third kappa shape index (κ3) is 2.93. The average molecular weight is 221 g/mol. The lowest BCUT2D eigenvalue weighted by Crippen LogP contribution is -2.46. The van der Waals surface area contributed by atoms with E-state index in [0.29, 0.717) is 6.61 Å². The number of hydrogen-bond acceptors (Lipinski definition) is 4. The van der Waals surface area contributed by atoms with Crippen molar-refractivity contribution in [2.45, 2.75) is 31.1 Å². The van der Waals surface area contributed by atoms with Gasteiger partial charge >= 0.3 is 0 Å². The Morgan fingerprint density at radius 3 is 2.57 bits per heavy atom. The van der Waals surface area contributed by atoms with E-state index in [1.54, 1.807) is 6.92 Å². The molecule has 84 valence electrons. The van der Waals surface area contributed by atoms with E-state index in [0.717, 1.165) is 19.4 Å². The minimum absolute atomic E-state index is 0.188. The summed E-state index contributed by atoms with van der Waals surface area (Å²) in [7, 11) is -3.03. The van der Waals surface area contributed by atoms with Crippen LogP contribution in [-0.2, 0) is 14.6 Å². The van der Waals surface area contributed by atoms with Gasteiger partial charge in [-0.05, 0) is 25.7 Å². The molecule has 1 aliphatic heterocycles. The van der Waals surface area contributed by atoms with Gasteiger partial charge in [-0.3, -0.25) is 0 Å². The summed E-state index contributed by atoms with van der Waals surface area (Å²) in [6.45, 7) is 3.05. The smallest absolute Gasteiger partial charge is 0.151 e. The molecule has 0 spiro atoms. The minimum Gasteiger partial charge on any atom is -0.381 e. The number of sulfone groups is 1. The summed E-state index contributed by atoms with van der Waals surface area (Å²) in [5.41, 5.74) is 5.92. The fourth-order valence-corrected chi connectivity index (χ4v) is 2.53. The molecule has 5 heteroatoms. The maximum Gasteiger partial charge on any atom is 0.151 e. The summed E-state index contributed by atoms with van der Waals surface area (Å²) < 4.78 is 27.9. The Bertz CT molecular complexity index is 270. The molecule has 0 aliphatic carbocycles. The standard InChI is InChI=1S/C9H19NO3S/c1-7(14(2,11)12)9(10)8-4-3-5-13-6-8/h7-9H,3-6,10H2,1-2H3. The second-order valence-electron chi connectivity index (χ2n) is 4.09. The van der Waals surface area contributed by atoms with Crippen LogP contribution in [0.1, 0.15) is 19.8 Å². The van der Waals surface area contributed by atoms with Crippen LogP contribution in [0.2, 0.25) is 0 Å². The molecule has 14 heavy (non-hydrogen) atoms. The van der Waals surface area contributed by atoms with Crippen molar-refractivity contribution in [1.29, 1.82) is 0 Å². The largest absolute Gasteiger partial charge is 0.381 e. The molecule has 1 rings (SSSR count). The van der Waals surface area contributed by atoms with Gasteiger partial charge in [0.2, 0.25) is 0 Å². The third-order valence-electron chi connectivity index (χ3n) is 2.96. The van der Waals surface area contributed by atoms with Gasteiger partial charge in [-0.2, -0.15) is 0 Å². The van der Waals surface area contributed by atoms with Crippen LogP contribution >= 0.6 is 0 Å². The van der Waals surface area contributed by atoms with E-state index in [9.17, 15) is 8.42 Å². The van der Waals surface area contributed by atoms with E-state index in [-0.39, 0.29) is 12.0 Å². The predicted molar refractivity (Wildman–Crippen MR) is 55.8 cm³/mol. The number of hydrogen-bond donors (Lipinski definition) is 1. The molecule has 1 saturated heterocycles. The van der Waals surface area contributed by atoms with Crippen LogP contribution in [0.4, 0.5) is 0 Å². The van der Waals surface area contributed by atoms with Gasteiger partial charge in [0.1, 0.15) is 0 Å². The number of rotatable bonds is 3. The highest BCUT2D eigenvalue weighted by atomic mass is 32.2. The molecule has 0 radical (unpaired) electrons. The zero-order valence-corrected chi connectivity index (χ0v) is 9.59. The normalized spacial score (nSPS) is 28.4. The molecule has 0 saturated carbocycles. The molecule has 1 aliphatic rings. The Morgan fingerprint density at radius 1 is 1.50 bits per heavy atom. The van der Waals surface area contributed by atoms with E-state index in [4.69, 9.17) is 10.5 Å². The first-order chi connectivity index (χ1) is 6.43. The van der Waals surface area contributed by atoms with Crippen LogP contribution in [0.5, 0.6) is 0 Å². The first kappa shape index (κ1) is 11.9. The van der Waals surface area contributed by atoms with Crippen molar-refractivity contribution in [3.8, 4) is 0 Å². The lowest BCUT2D eigenvalue weighted by Gasteiger charge is -2.30. The Labute approximate surface area is 85.7 Å². The maximum absolute atomic E-state index is 11.3. The van der Waals surface area contributed by atoms with Gasteiger partial charge in [-0.25, -0.2) is 8.42 Å². The average Bonchev–Trinajstić information content (AvgIpc) is 2.15. The molecule has 1 fully saturated rings. The Hall–Kier alpha value is -0.130. The van der Waals surface area contributed by atoms with Gasteiger partial charge in [0.25, 0.3) is 0 Å². The van der Waals surface area contributed by atoms with Gasteiger partial charge in [-0.15, -0.1) is 0 Å². The Balaban J connectivity index is 2.59. The molecule has 0 bridgehead atoms. The van der Waals surface area contributed by atoms with E-state index < -0.39 is 15.1 Å². The number of nitrogens with two attached hydrogens (primary N) is 1. The lowest BCUT2D eigenvalue weighted by molar-refractivity contribution is 0.0449. The van der Waals surface area contributed by atoms with Crippen LogP contribution < -0.4 is 5.73 Å². The molecule has 0 aromatic carbocycles. The van der Waals surface area contributed by atoms with E-state index in [1.165, 1.54) is 6.26 Å². The Kier molecular flexibility index (Phi) is 3.92. The van der Waals surface area contributed by atoms with Gasteiger partial charge in [-0.1, -0.05) is 0 Å². The highest BCUT2D eigenvalue weighted by molar-refractivity contribution is 7.91. The van der Waals surface area contributed by atoms with Crippen molar-refractivity contribution in [1.82, 2.24) is 0 Å². The molecule has 1 heterocycles. The van der Waals surface area contributed by atoms with E-state index >= 15 is 0 Å². The zero-order chi connectivity index (χ0) is 10.8. The van der Waals surface area contributed by atoms with Gasteiger partial charge in [0.05, 0.1) is 11.9 Å². The van der Waals surface area contributed by atoms with Crippen LogP contribution in [-0.4, -0.2) is 39.2 Å². The summed E-state index contributed by atoms with van der Waals surface area (Å²) in [4.78, 5) is 0. The summed E-state index contributed by atoms with van der Waals surface area (Å²) in [5, 5.41) is -0.478. The van der Waals surface area contributed by atoms with Crippen molar-refractivity contribution in [3.63, 3.8) is 0 Å². The lowest BCUT2D eigenvalue weighted by atomic mass is 9.92. The SMILES string of the molecule is CC(C(N)C1CCCOC1)S(C)(=O)=O. The summed E-state index contributed by atoms with van der Waals surface area (Å²) >= 11 is 0. The number of ether oxygens (including phenoxy) is 1. The van der Waals surface area contributed by atoms with Crippen LogP contribution in [0.3, 0.4) is 0 Å². The van der Waals surface area contributed by atoms with Crippen LogP contribution in [0.25, 0.3) is 0 Å². The van der Waals surface area contributed by atoms with E-state index in [2.05, 4.69) is 0 Å². The zero-order valence-electron chi connectivity index (χ0n) is 8.77. The van der Waals surface area contributed by atoms with Crippen molar-refractivity contribution in [3.05, 3.63) is 0 Å². The predicted octanol–water partition coefficient (Wildman–Crippen LogP) is 0.173. The fourth-order valence-electron chi connectivity index (χ4n) is 1.74. The molecule has 0 aromatic rings. The summed E-state index contributed by atoms with van der Waals surface area (Å²) in [6, 6.07) is -0.301. The first-order valence-corrected chi connectivity index (χ1v) is 6.90. The van der Waals surface area contributed by atoms with Crippen molar-refractivity contribution in [2.24, 2.45) is 11.7 Å². The second kappa shape index (κ2) is 4.59. The minimum atomic E-state index is -3.03. The molecule has 0 aromatic heterocycles. The molecule has 3 atom stereocenters. The monoisotopic (exact) mass is 221 g/mol. The topological polar surface area (TPSA) is 69.4 Å². The van der Waals surface area contributed by atoms with Gasteiger partial charge in [0, 0.05) is 18.9 Å². The van der Waals surface area contributed by atoms with Crippen molar-refractivity contribution in [2.75, 3.05) is 19.5 Å². The highest BCUT2D eigenvalue weighted by Gasteiger charge is 2.30. The fraction of sp³-hybridized carbons (Fsp3) is 1.00. The van der Waals surface area contributed by atoms with Crippen molar-refractivity contribution < 1.29 is 13.2 Å².